The van der Waals surface area contributed by atoms with Crippen molar-refractivity contribution in [1.29, 1.82) is 0 Å². The fourth-order valence-corrected chi connectivity index (χ4v) is 3.34. The largest absolute Gasteiger partial charge is 0.147 e. The second kappa shape index (κ2) is 35.2. The van der Waals surface area contributed by atoms with Crippen molar-refractivity contribution in [1.82, 2.24) is 0 Å². The third-order valence-electron chi connectivity index (χ3n) is 5.40. The van der Waals surface area contributed by atoms with E-state index in [1.165, 1.54) is 97.6 Å². The van der Waals surface area contributed by atoms with Crippen molar-refractivity contribution in [2.24, 2.45) is 0 Å². The summed E-state index contributed by atoms with van der Waals surface area (Å²) < 4.78 is 0. The minimum atomic E-state index is 0. The Balaban J connectivity index is -0.000000280. The Morgan fingerprint density at radius 3 is 0.722 bits per heavy atom. The Bertz CT molecular complexity index is 601. The van der Waals surface area contributed by atoms with E-state index in [4.69, 9.17) is 0 Å². The molecule has 0 aliphatic heterocycles. The number of halogens is 6. The molecule has 0 nitrogen and oxygen atoms in total. The van der Waals surface area contributed by atoms with E-state index in [1.807, 2.05) is 0 Å². The third-order valence-corrected chi connectivity index (χ3v) is 5.40. The van der Waals surface area contributed by atoms with Crippen molar-refractivity contribution < 1.29 is 0 Å². The summed E-state index contributed by atoms with van der Waals surface area (Å²) in [6.07, 6.45) is 26.2. The van der Waals surface area contributed by atoms with Gasteiger partial charge in [0.05, 0.1) is 0 Å². The molecule has 0 amide bonds. The number of unbranched alkanes of at least 4 members (excludes halogenated alkanes) is 1. The molecule has 0 aliphatic rings. The molecule has 6 heteroatoms. The monoisotopic (exact) mass is 626 g/mol. The van der Waals surface area contributed by atoms with E-state index < -0.39 is 0 Å². The second-order valence-electron chi connectivity index (χ2n) is 9.50. The van der Waals surface area contributed by atoms with Gasteiger partial charge in [-0.05, 0) is 120 Å². The smallest absolute Gasteiger partial charge is 0.0288 e. The molecule has 0 aromatic rings. The van der Waals surface area contributed by atoms with Gasteiger partial charge < -0.3 is 0 Å². The molecule has 0 rings (SSSR count). The lowest BCUT2D eigenvalue weighted by atomic mass is 10.0. The molecular formula is C30H56Cl6. The average Bonchev–Trinajstić information content (AvgIpc) is 2.64. The van der Waals surface area contributed by atoms with Gasteiger partial charge in [0.25, 0.3) is 0 Å². The van der Waals surface area contributed by atoms with Crippen LogP contribution in [0.25, 0.3) is 0 Å². The van der Waals surface area contributed by atoms with Crippen molar-refractivity contribution in [2.45, 2.75) is 120 Å². The lowest BCUT2D eigenvalue weighted by Crippen LogP contribution is -1.82. The summed E-state index contributed by atoms with van der Waals surface area (Å²) in [4.78, 5) is 0. The minimum Gasteiger partial charge on any atom is -0.147 e. The van der Waals surface area contributed by atoms with Crippen LogP contribution >= 0.6 is 74.4 Å². The van der Waals surface area contributed by atoms with Gasteiger partial charge in [-0.1, -0.05) is 69.9 Å². The van der Waals surface area contributed by atoms with Crippen LogP contribution in [0.3, 0.4) is 0 Å². The third kappa shape index (κ3) is 38.7. The van der Waals surface area contributed by atoms with Crippen LogP contribution in [0.2, 0.25) is 0 Å². The molecule has 0 N–H and O–H groups in total. The molecule has 0 atom stereocenters. The predicted molar refractivity (Wildman–Crippen MR) is 184 cm³/mol. The van der Waals surface area contributed by atoms with E-state index in [2.05, 4.69) is 91.8 Å². The van der Waals surface area contributed by atoms with Gasteiger partial charge in [-0.2, -0.15) is 0 Å². The van der Waals surface area contributed by atoms with Gasteiger partial charge in [0.15, 0.2) is 0 Å². The van der Waals surface area contributed by atoms with Gasteiger partial charge in [0.2, 0.25) is 0 Å². The van der Waals surface area contributed by atoms with Gasteiger partial charge in [-0.15, -0.1) is 74.4 Å². The van der Waals surface area contributed by atoms with Gasteiger partial charge in [0.1, 0.15) is 0 Å². The maximum absolute atomic E-state index is 2.43. The maximum atomic E-state index is 2.43. The fraction of sp³-hybridized carbons (Fsp3) is 0.600. The SMILES string of the molecule is CC(C)=CCC/C(C)=C/CC/C(C)=C/CC/C=C(\C)CC/C=C(\C)CCC=C(C)C.Cl.Cl.Cl.Cl.Cl.Cl. The number of allylic oxidation sites excluding steroid dienone is 12. The molecule has 218 valence electrons. The summed E-state index contributed by atoms with van der Waals surface area (Å²) in [7, 11) is 0. The van der Waals surface area contributed by atoms with Gasteiger partial charge in [-0.25, -0.2) is 0 Å². The molecule has 0 aromatic heterocycles. The van der Waals surface area contributed by atoms with E-state index >= 15 is 0 Å². The minimum absolute atomic E-state index is 0. The van der Waals surface area contributed by atoms with E-state index in [-0.39, 0.29) is 74.4 Å². The van der Waals surface area contributed by atoms with Gasteiger partial charge in [-0.3, -0.25) is 0 Å². The molecule has 0 aromatic carbocycles. The Morgan fingerprint density at radius 1 is 0.306 bits per heavy atom. The number of hydrogen-bond donors (Lipinski definition) is 0. The zero-order valence-electron chi connectivity index (χ0n) is 24.0. The highest BCUT2D eigenvalue weighted by molar-refractivity contribution is 5.86. The van der Waals surface area contributed by atoms with Crippen molar-refractivity contribution in [3.8, 4) is 0 Å². The highest BCUT2D eigenvalue weighted by Gasteiger charge is 1.94. The fourth-order valence-electron chi connectivity index (χ4n) is 3.34. The average molecular weight is 629 g/mol. The van der Waals surface area contributed by atoms with E-state index in [9.17, 15) is 0 Å². The lowest BCUT2D eigenvalue weighted by Gasteiger charge is -2.02. The Hall–Kier alpha value is 0.180. The standard InChI is InChI=1S/C30H50.6ClH/c1-25(2)15-11-19-29(7)23-13-21-27(5)17-9-10-18-28(6)22-14-24-30(8)20-12-16-26(3)4;;;;;;/h15-18,23-24H,9-14,19-22H2,1-8H3;6*1H/b27-17+,28-18+,29-23+,30-24+;;;;;;. The molecule has 0 aliphatic carbocycles. The molecule has 0 saturated carbocycles. The topological polar surface area (TPSA) is 0 Å². The summed E-state index contributed by atoms with van der Waals surface area (Å²) in [6.45, 7) is 17.8. The van der Waals surface area contributed by atoms with Gasteiger partial charge >= 0.3 is 0 Å². The van der Waals surface area contributed by atoms with Crippen LogP contribution < -0.4 is 0 Å². The van der Waals surface area contributed by atoms with Crippen LogP contribution in [0, 0.1) is 0 Å². The Morgan fingerprint density at radius 2 is 0.500 bits per heavy atom. The molecule has 0 heterocycles. The summed E-state index contributed by atoms with van der Waals surface area (Å²) in [5, 5.41) is 0. The molecule has 0 bridgehead atoms. The van der Waals surface area contributed by atoms with Crippen LogP contribution in [0.15, 0.2) is 69.9 Å². The zero-order valence-corrected chi connectivity index (χ0v) is 28.9. The lowest BCUT2D eigenvalue weighted by molar-refractivity contribution is 0.896. The van der Waals surface area contributed by atoms with Crippen LogP contribution in [0.4, 0.5) is 0 Å². The van der Waals surface area contributed by atoms with Crippen LogP contribution in [0.5, 0.6) is 0 Å². The summed E-state index contributed by atoms with van der Waals surface area (Å²) in [6, 6.07) is 0. The first kappa shape index (κ1) is 52.6. The van der Waals surface area contributed by atoms with Crippen molar-refractivity contribution >= 4 is 74.4 Å². The van der Waals surface area contributed by atoms with Crippen LogP contribution in [-0.4, -0.2) is 0 Å². The van der Waals surface area contributed by atoms with Crippen molar-refractivity contribution in [3.63, 3.8) is 0 Å². The quantitative estimate of drug-likeness (QED) is 0.125. The second-order valence-corrected chi connectivity index (χ2v) is 9.50. The summed E-state index contributed by atoms with van der Waals surface area (Å²) in [5.41, 5.74) is 8.97. The van der Waals surface area contributed by atoms with Crippen molar-refractivity contribution in [2.75, 3.05) is 0 Å². The van der Waals surface area contributed by atoms with Crippen molar-refractivity contribution in [3.05, 3.63) is 69.9 Å². The van der Waals surface area contributed by atoms with Gasteiger partial charge in [0, 0.05) is 0 Å². The summed E-state index contributed by atoms with van der Waals surface area (Å²) in [5.74, 6) is 0. The first-order chi connectivity index (χ1) is 14.2. The predicted octanol–water partition coefficient (Wildman–Crippen LogP) is 13.1. The first-order valence-corrected chi connectivity index (χ1v) is 12.1. The number of rotatable bonds is 15. The first-order valence-electron chi connectivity index (χ1n) is 12.1. The van der Waals surface area contributed by atoms with Crippen LogP contribution in [-0.2, 0) is 0 Å². The van der Waals surface area contributed by atoms with E-state index in [1.54, 1.807) is 0 Å². The highest BCUT2D eigenvalue weighted by atomic mass is 35.5. The molecular weight excluding hydrogens is 573 g/mol. The molecule has 0 saturated heterocycles. The molecule has 36 heavy (non-hydrogen) atoms. The highest BCUT2D eigenvalue weighted by Crippen LogP contribution is 2.14. The molecule has 0 spiro atoms. The Kier molecular flexibility index (Phi) is 51.4. The normalized spacial score (nSPS) is 11.2. The van der Waals surface area contributed by atoms with Crippen LogP contribution in [0.1, 0.15) is 120 Å². The number of hydrogen-bond acceptors (Lipinski definition) is 0. The van der Waals surface area contributed by atoms with E-state index in [0.29, 0.717) is 0 Å². The Labute approximate surface area is 262 Å². The van der Waals surface area contributed by atoms with E-state index in [0.717, 1.165) is 0 Å². The zero-order chi connectivity index (χ0) is 22.8. The molecule has 0 fully saturated rings. The molecule has 0 unspecified atom stereocenters. The summed E-state index contributed by atoms with van der Waals surface area (Å²) >= 11 is 0. The molecule has 0 radical (unpaired) electrons. The maximum Gasteiger partial charge on any atom is -0.0288 e.